The van der Waals surface area contributed by atoms with Gasteiger partial charge in [0.15, 0.2) is 6.61 Å². The van der Waals surface area contributed by atoms with Crippen LogP contribution in [0.2, 0.25) is 5.02 Å². The van der Waals surface area contributed by atoms with Crippen molar-refractivity contribution >= 4 is 39.4 Å². The number of hydrogen-bond acceptors (Lipinski definition) is 4. The Morgan fingerprint density at radius 1 is 1.38 bits per heavy atom. The van der Waals surface area contributed by atoms with Gasteiger partial charge in [0.05, 0.1) is 12.1 Å². The molecule has 0 aliphatic carbocycles. The summed E-state index contributed by atoms with van der Waals surface area (Å²) < 4.78 is 10.8. The summed E-state index contributed by atoms with van der Waals surface area (Å²) >= 11 is 9.29. The van der Waals surface area contributed by atoms with Crippen molar-refractivity contribution in [1.29, 1.82) is 0 Å². The van der Waals surface area contributed by atoms with E-state index >= 15 is 0 Å². The fourth-order valence-corrected chi connectivity index (χ4v) is 2.26. The van der Waals surface area contributed by atoms with Crippen LogP contribution in [0.25, 0.3) is 0 Å². The van der Waals surface area contributed by atoms with Crippen molar-refractivity contribution in [2.75, 3.05) is 27.3 Å². The number of esters is 1. The van der Waals surface area contributed by atoms with Crippen LogP contribution in [0.15, 0.2) is 22.7 Å². The smallest absolute Gasteiger partial charge is 0.305 e. The number of halogens is 2. The zero-order valence-corrected chi connectivity index (χ0v) is 14.2. The summed E-state index contributed by atoms with van der Waals surface area (Å²) in [5, 5.41) is 0.436. The van der Waals surface area contributed by atoms with E-state index < -0.39 is 0 Å². The van der Waals surface area contributed by atoms with Gasteiger partial charge in [0.25, 0.3) is 5.91 Å². The normalized spacial score (nSPS) is 10.1. The average molecular weight is 379 g/mol. The van der Waals surface area contributed by atoms with Gasteiger partial charge in [-0.25, -0.2) is 0 Å². The maximum atomic E-state index is 11.9. The molecule has 1 aromatic rings. The Hall–Kier alpha value is -1.27. The molecule has 0 bridgehead atoms. The molecule has 0 aromatic heterocycles. The molecule has 5 nitrogen and oxygen atoms in total. The van der Waals surface area contributed by atoms with Crippen molar-refractivity contribution in [2.24, 2.45) is 0 Å². The molecule has 0 saturated carbocycles. The summed E-state index contributed by atoms with van der Waals surface area (Å²) in [7, 11) is 3.00. The number of carbonyl (C=O) groups excluding carboxylic acids is 2. The maximum absolute atomic E-state index is 11.9. The highest BCUT2D eigenvalue weighted by Crippen LogP contribution is 2.27. The molecule has 0 atom stereocenters. The minimum atomic E-state index is -0.284. The molecule has 0 fully saturated rings. The molecule has 7 heteroatoms. The molecule has 1 aromatic carbocycles. The van der Waals surface area contributed by atoms with E-state index in [0.29, 0.717) is 23.7 Å². The maximum Gasteiger partial charge on any atom is 0.305 e. The van der Waals surface area contributed by atoms with Gasteiger partial charge < -0.3 is 14.4 Å². The minimum Gasteiger partial charge on any atom is -0.482 e. The lowest BCUT2D eigenvalue weighted by atomic mass is 10.3. The van der Waals surface area contributed by atoms with Gasteiger partial charge in [0, 0.05) is 24.5 Å². The van der Waals surface area contributed by atoms with E-state index in [1.165, 1.54) is 12.0 Å². The third kappa shape index (κ3) is 6.35. The summed E-state index contributed by atoms with van der Waals surface area (Å²) in [6, 6.07) is 5.17. The second-order valence-electron chi connectivity index (χ2n) is 4.36. The molecular weight excluding hydrogens is 362 g/mol. The molecule has 0 N–H and O–H groups in total. The number of likely N-dealkylation sites (N-methyl/N-ethyl adjacent to an activating group) is 1. The van der Waals surface area contributed by atoms with Crippen molar-refractivity contribution in [3.8, 4) is 5.75 Å². The molecular formula is C14H17BrClNO4. The quantitative estimate of drug-likeness (QED) is 0.685. The second kappa shape index (κ2) is 8.89. The van der Waals surface area contributed by atoms with Crippen LogP contribution in [0.5, 0.6) is 5.75 Å². The molecule has 0 radical (unpaired) electrons. The largest absolute Gasteiger partial charge is 0.482 e. The third-order valence-corrected chi connectivity index (χ3v) is 3.56. The van der Waals surface area contributed by atoms with Crippen LogP contribution in [0, 0.1) is 0 Å². The monoisotopic (exact) mass is 377 g/mol. The van der Waals surface area contributed by atoms with Crippen LogP contribution in [0.1, 0.15) is 12.8 Å². The van der Waals surface area contributed by atoms with E-state index in [1.807, 2.05) is 0 Å². The van der Waals surface area contributed by atoms with Crippen molar-refractivity contribution in [2.45, 2.75) is 12.8 Å². The zero-order chi connectivity index (χ0) is 15.8. The Bertz CT molecular complexity index is 510. The molecule has 1 rings (SSSR count). The number of amides is 1. The summed E-state index contributed by atoms with van der Waals surface area (Å²) in [6.07, 6.45) is 0.835. The first-order chi connectivity index (χ1) is 9.93. The van der Waals surface area contributed by atoms with Crippen molar-refractivity contribution in [1.82, 2.24) is 4.90 Å². The number of nitrogens with zero attached hydrogens (tertiary/aromatic N) is 1. The highest BCUT2D eigenvalue weighted by molar-refractivity contribution is 9.10. The number of carbonyl (C=O) groups is 2. The molecule has 0 saturated heterocycles. The van der Waals surface area contributed by atoms with Crippen LogP contribution in [-0.2, 0) is 14.3 Å². The Labute approximate surface area is 137 Å². The van der Waals surface area contributed by atoms with Crippen LogP contribution >= 0.6 is 27.5 Å². The first kappa shape index (κ1) is 17.8. The van der Waals surface area contributed by atoms with Crippen LogP contribution in [0.3, 0.4) is 0 Å². The highest BCUT2D eigenvalue weighted by atomic mass is 79.9. The topological polar surface area (TPSA) is 55.8 Å². The zero-order valence-electron chi connectivity index (χ0n) is 11.9. The van der Waals surface area contributed by atoms with Gasteiger partial charge in [0.1, 0.15) is 5.75 Å². The average Bonchev–Trinajstić information content (AvgIpc) is 2.45. The van der Waals surface area contributed by atoms with E-state index in [4.69, 9.17) is 16.3 Å². The Balaban J connectivity index is 2.37. The van der Waals surface area contributed by atoms with Crippen molar-refractivity contribution in [3.05, 3.63) is 27.7 Å². The fourth-order valence-electron chi connectivity index (χ4n) is 1.53. The predicted molar refractivity (Wildman–Crippen MR) is 83.5 cm³/mol. The first-order valence-corrected chi connectivity index (χ1v) is 7.49. The molecule has 0 aliphatic heterocycles. The SMILES string of the molecule is COC(=O)CCCN(C)C(=O)COc1ccc(Br)cc1Cl. The Morgan fingerprint density at radius 2 is 2.10 bits per heavy atom. The van der Waals surface area contributed by atoms with Gasteiger partial charge in [-0.15, -0.1) is 0 Å². The van der Waals surface area contributed by atoms with Crippen LogP contribution in [-0.4, -0.2) is 44.1 Å². The standard InChI is InChI=1S/C14H17BrClNO4/c1-17(7-3-4-14(19)20-2)13(18)9-21-12-6-5-10(15)8-11(12)16/h5-6,8H,3-4,7,9H2,1-2H3. The van der Waals surface area contributed by atoms with Gasteiger partial charge in [-0.05, 0) is 24.6 Å². The molecule has 0 spiro atoms. The molecule has 0 heterocycles. The molecule has 0 unspecified atom stereocenters. The van der Waals surface area contributed by atoms with Crippen LogP contribution < -0.4 is 4.74 Å². The first-order valence-electron chi connectivity index (χ1n) is 6.32. The lowest BCUT2D eigenvalue weighted by Crippen LogP contribution is -2.32. The molecule has 0 aliphatic rings. The van der Waals surface area contributed by atoms with Gasteiger partial charge in [0.2, 0.25) is 0 Å². The lowest BCUT2D eigenvalue weighted by molar-refractivity contribution is -0.141. The van der Waals surface area contributed by atoms with E-state index in [2.05, 4.69) is 20.7 Å². The highest BCUT2D eigenvalue weighted by Gasteiger charge is 2.11. The van der Waals surface area contributed by atoms with Gasteiger partial charge >= 0.3 is 5.97 Å². The summed E-state index contributed by atoms with van der Waals surface area (Å²) in [4.78, 5) is 24.4. The van der Waals surface area contributed by atoms with Gasteiger partial charge in [-0.1, -0.05) is 27.5 Å². The van der Waals surface area contributed by atoms with Crippen molar-refractivity contribution < 1.29 is 19.1 Å². The van der Waals surface area contributed by atoms with Crippen molar-refractivity contribution in [3.63, 3.8) is 0 Å². The lowest BCUT2D eigenvalue weighted by Gasteiger charge is -2.17. The molecule has 1 amide bonds. The second-order valence-corrected chi connectivity index (χ2v) is 5.68. The summed E-state index contributed by atoms with van der Waals surface area (Å²) in [5.74, 6) is -0.0104. The fraction of sp³-hybridized carbons (Fsp3) is 0.429. The van der Waals surface area contributed by atoms with Gasteiger partial charge in [-0.3, -0.25) is 9.59 Å². The van der Waals surface area contributed by atoms with Gasteiger partial charge in [-0.2, -0.15) is 0 Å². The predicted octanol–water partition coefficient (Wildman–Crippen LogP) is 2.89. The van der Waals surface area contributed by atoms with E-state index in [-0.39, 0.29) is 24.9 Å². The molecule has 116 valence electrons. The third-order valence-electron chi connectivity index (χ3n) is 2.77. The number of methoxy groups -OCH3 is 1. The van der Waals surface area contributed by atoms with E-state index in [9.17, 15) is 9.59 Å². The van der Waals surface area contributed by atoms with E-state index in [1.54, 1.807) is 25.2 Å². The summed E-state index contributed by atoms with van der Waals surface area (Å²) in [5.41, 5.74) is 0. The number of hydrogen-bond donors (Lipinski definition) is 0. The Morgan fingerprint density at radius 3 is 2.71 bits per heavy atom. The number of benzene rings is 1. The number of ether oxygens (including phenoxy) is 2. The number of rotatable bonds is 7. The van der Waals surface area contributed by atoms with Crippen LogP contribution in [0.4, 0.5) is 0 Å². The molecule has 21 heavy (non-hydrogen) atoms. The summed E-state index contributed by atoms with van der Waals surface area (Å²) in [6.45, 7) is 0.363. The van der Waals surface area contributed by atoms with E-state index in [0.717, 1.165) is 4.47 Å². The minimum absolute atomic E-state index is 0.101. The Kier molecular flexibility index (Phi) is 7.53.